The van der Waals surface area contributed by atoms with Crippen molar-refractivity contribution in [1.82, 2.24) is 15.0 Å². The Morgan fingerprint density at radius 1 is 0.475 bits per heavy atom. The largest absolute Gasteiger partial charge is 0.264 e. The second kappa shape index (κ2) is 9.87. The molecule has 0 aliphatic heterocycles. The Kier molecular flexibility index (Phi) is 5.90. The summed E-state index contributed by atoms with van der Waals surface area (Å²) in [5.74, 6) is 0. The molecule has 3 heterocycles. The van der Waals surface area contributed by atoms with E-state index in [0.29, 0.717) is 0 Å². The highest BCUT2D eigenvalue weighted by Gasteiger charge is 2.14. The summed E-state index contributed by atoms with van der Waals surface area (Å²) in [6.07, 6.45) is 7.47. The smallest absolute Gasteiger partial charge is 0.0714 e. The lowest BCUT2D eigenvalue weighted by atomic mass is 9.88. The van der Waals surface area contributed by atoms with Gasteiger partial charge < -0.3 is 0 Å². The summed E-state index contributed by atoms with van der Waals surface area (Å²) in [5, 5.41) is 3.62. The van der Waals surface area contributed by atoms with Crippen molar-refractivity contribution in [1.29, 1.82) is 0 Å². The van der Waals surface area contributed by atoms with Crippen molar-refractivity contribution < 1.29 is 0 Å². The first-order chi connectivity index (χ1) is 19.6. The van der Waals surface area contributed by atoms with E-state index in [2.05, 4.69) is 103 Å². The van der Waals surface area contributed by atoms with Gasteiger partial charge >= 0.3 is 0 Å². The molecule has 4 aromatic carbocycles. The van der Waals surface area contributed by atoms with E-state index >= 15 is 0 Å². The van der Waals surface area contributed by atoms with Gasteiger partial charge in [-0.25, -0.2) is 0 Å². The molecule has 0 aliphatic carbocycles. The summed E-state index contributed by atoms with van der Waals surface area (Å²) >= 11 is 0. The molecule has 0 amide bonds. The van der Waals surface area contributed by atoms with Crippen LogP contribution in [0.25, 0.3) is 66.3 Å². The number of hydrogen-bond acceptors (Lipinski definition) is 3. The van der Waals surface area contributed by atoms with Crippen molar-refractivity contribution in [3.8, 4) is 44.6 Å². The highest BCUT2D eigenvalue weighted by Crippen LogP contribution is 2.40. The van der Waals surface area contributed by atoms with Crippen LogP contribution in [0.15, 0.2) is 128 Å². The minimum absolute atomic E-state index is 0.967. The molecule has 3 heteroatoms. The number of pyridine rings is 3. The maximum absolute atomic E-state index is 4.74. The number of nitrogens with zero attached hydrogens (tertiary/aromatic N) is 3. The van der Waals surface area contributed by atoms with Crippen LogP contribution in [0, 0.1) is 13.8 Å². The monoisotopic (exact) mass is 513 g/mol. The van der Waals surface area contributed by atoms with Gasteiger partial charge in [-0.05, 0) is 113 Å². The molecule has 0 saturated heterocycles. The zero-order valence-electron chi connectivity index (χ0n) is 22.5. The van der Waals surface area contributed by atoms with E-state index in [1.807, 2.05) is 49.1 Å². The molecule has 40 heavy (non-hydrogen) atoms. The fraction of sp³-hybridized carbons (Fsp3) is 0.0541. The summed E-state index contributed by atoms with van der Waals surface area (Å²) in [6.45, 7) is 4.33. The number of aryl methyl sites for hydroxylation is 2. The molecule has 0 spiro atoms. The first-order valence-corrected chi connectivity index (χ1v) is 13.5. The van der Waals surface area contributed by atoms with Crippen molar-refractivity contribution in [3.63, 3.8) is 0 Å². The van der Waals surface area contributed by atoms with E-state index in [-0.39, 0.29) is 0 Å². The van der Waals surface area contributed by atoms with Crippen LogP contribution in [-0.4, -0.2) is 15.0 Å². The van der Waals surface area contributed by atoms with Crippen LogP contribution in [0.3, 0.4) is 0 Å². The second-order valence-electron chi connectivity index (χ2n) is 10.3. The Labute approximate surface area is 233 Å². The molecule has 3 nitrogen and oxygen atoms in total. The lowest BCUT2D eigenvalue weighted by Crippen LogP contribution is -1.92. The van der Waals surface area contributed by atoms with E-state index in [9.17, 15) is 0 Å². The van der Waals surface area contributed by atoms with Gasteiger partial charge in [0.05, 0.1) is 11.2 Å². The zero-order chi connectivity index (χ0) is 27.1. The molecule has 190 valence electrons. The molecule has 7 aromatic rings. The summed E-state index contributed by atoms with van der Waals surface area (Å²) in [5.41, 5.74) is 12.4. The van der Waals surface area contributed by atoms with Crippen molar-refractivity contribution in [3.05, 3.63) is 139 Å². The average Bonchev–Trinajstić information content (AvgIpc) is 3.01. The van der Waals surface area contributed by atoms with Gasteiger partial charge in [0, 0.05) is 41.3 Å². The van der Waals surface area contributed by atoms with E-state index < -0.39 is 0 Å². The zero-order valence-corrected chi connectivity index (χ0v) is 22.5. The fourth-order valence-corrected chi connectivity index (χ4v) is 5.59. The van der Waals surface area contributed by atoms with E-state index in [0.717, 1.165) is 39.0 Å². The predicted octanol–water partition coefficient (Wildman–Crippen LogP) is 9.46. The summed E-state index contributed by atoms with van der Waals surface area (Å²) in [7, 11) is 0. The summed E-state index contributed by atoms with van der Waals surface area (Å²) in [6, 6.07) is 36.7. The van der Waals surface area contributed by atoms with Crippen molar-refractivity contribution in [2.24, 2.45) is 0 Å². The predicted molar refractivity (Wildman–Crippen MR) is 166 cm³/mol. The first-order valence-electron chi connectivity index (χ1n) is 13.5. The van der Waals surface area contributed by atoms with Crippen LogP contribution in [-0.2, 0) is 0 Å². The van der Waals surface area contributed by atoms with E-state index in [1.165, 1.54) is 38.4 Å². The molecule has 0 fully saturated rings. The van der Waals surface area contributed by atoms with Gasteiger partial charge in [-0.2, -0.15) is 0 Å². The van der Waals surface area contributed by atoms with Crippen LogP contribution >= 0.6 is 0 Å². The maximum atomic E-state index is 4.74. The standard InChI is InChI=1S/C37H27N3/c1-24-10-13-31-32-8-6-16-40-37(32)22-34(35(31)17-24)30-19-28(27-7-5-14-38-23-27)18-29(20-30)33-21-26(12-11-25(33)2)36-9-3-4-15-39-36/h3-23H,1-2H3. The minimum Gasteiger partial charge on any atom is -0.264 e. The third kappa shape index (κ3) is 4.32. The molecule has 0 saturated carbocycles. The van der Waals surface area contributed by atoms with Crippen LogP contribution in [0.4, 0.5) is 0 Å². The Hall–Kier alpha value is -5.15. The van der Waals surface area contributed by atoms with Gasteiger partial charge in [-0.1, -0.05) is 54.1 Å². The fourth-order valence-electron chi connectivity index (χ4n) is 5.59. The number of fused-ring (bicyclic) bond motifs is 3. The van der Waals surface area contributed by atoms with Crippen LogP contribution in [0.5, 0.6) is 0 Å². The average molecular weight is 514 g/mol. The normalized spacial score (nSPS) is 11.2. The highest BCUT2D eigenvalue weighted by molar-refractivity contribution is 6.13. The lowest BCUT2D eigenvalue weighted by Gasteiger charge is -2.16. The third-order valence-corrected chi connectivity index (χ3v) is 7.62. The molecule has 0 atom stereocenters. The van der Waals surface area contributed by atoms with E-state index in [4.69, 9.17) is 4.98 Å². The van der Waals surface area contributed by atoms with Crippen molar-refractivity contribution in [2.45, 2.75) is 13.8 Å². The highest BCUT2D eigenvalue weighted by atomic mass is 14.7. The molecule has 0 aliphatic rings. The first kappa shape index (κ1) is 23.9. The number of hydrogen-bond donors (Lipinski definition) is 0. The number of rotatable bonds is 4. The SMILES string of the molecule is Cc1ccc2c(c1)c(-c1cc(-c3cccnc3)cc(-c3cc(-c4ccccn4)ccc3C)c1)cc1ncccc12. The van der Waals surface area contributed by atoms with Gasteiger partial charge in [0.1, 0.15) is 0 Å². The Morgan fingerprint density at radius 2 is 1.30 bits per heavy atom. The van der Waals surface area contributed by atoms with Gasteiger partial charge in [0.15, 0.2) is 0 Å². The topological polar surface area (TPSA) is 38.7 Å². The Morgan fingerprint density at radius 3 is 2.12 bits per heavy atom. The molecule has 0 N–H and O–H groups in total. The second-order valence-corrected chi connectivity index (χ2v) is 10.3. The quantitative estimate of drug-likeness (QED) is 0.220. The molecule has 3 aromatic heterocycles. The number of aromatic nitrogens is 3. The molecule has 0 radical (unpaired) electrons. The Bertz CT molecular complexity index is 2010. The molecular weight excluding hydrogens is 486 g/mol. The summed E-state index contributed by atoms with van der Waals surface area (Å²) < 4.78 is 0. The lowest BCUT2D eigenvalue weighted by molar-refractivity contribution is 1.32. The number of benzene rings is 4. The van der Waals surface area contributed by atoms with Crippen LogP contribution in [0.1, 0.15) is 11.1 Å². The maximum Gasteiger partial charge on any atom is 0.0714 e. The summed E-state index contributed by atoms with van der Waals surface area (Å²) in [4.78, 5) is 13.8. The Balaban J connectivity index is 1.52. The molecule has 7 rings (SSSR count). The van der Waals surface area contributed by atoms with Crippen LogP contribution in [0.2, 0.25) is 0 Å². The van der Waals surface area contributed by atoms with Gasteiger partial charge in [0.25, 0.3) is 0 Å². The molecule has 0 unspecified atom stereocenters. The molecule has 0 bridgehead atoms. The van der Waals surface area contributed by atoms with E-state index in [1.54, 1.807) is 0 Å². The molecular formula is C37H27N3. The van der Waals surface area contributed by atoms with Gasteiger partial charge in [-0.3, -0.25) is 15.0 Å². The third-order valence-electron chi connectivity index (χ3n) is 7.62. The van der Waals surface area contributed by atoms with Crippen molar-refractivity contribution in [2.75, 3.05) is 0 Å². The van der Waals surface area contributed by atoms with Crippen LogP contribution < -0.4 is 0 Å². The minimum atomic E-state index is 0.967. The van der Waals surface area contributed by atoms with Gasteiger partial charge in [-0.15, -0.1) is 0 Å². The van der Waals surface area contributed by atoms with Gasteiger partial charge in [0.2, 0.25) is 0 Å². The van der Waals surface area contributed by atoms with Crippen molar-refractivity contribution >= 4 is 21.7 Å².